The molecule has 12 heteroatoms. The summed E-state index contributed by atoms with van der Waals surface area (Å²) in [7, 11) is 0. The maximum atomic E-state index is 13.9. The van der Waals surface area contributed by atoms with E-state index in [4.69, 9.17) is 25.8 Å². The van der Waals surface area contributed by atoms with Gasteiger partial charge in [-0.1, -0.05) is 29.8 Å². The van der Waals surface area contributed by atoms with Crippen LogP contribution in [0.25, 0.3) is 0 Å². The third-order valence-corrected chi connectivity index (χ3v) is 7.64. The molecule has 2 aromatic heterocycles. The molecule has 0 saturated carbocycles. The summed E-state index contributed by atoms with van der Waals surface area (Å²) >= 11 is 6.08. The number of aromatic amines is 1. The minimum Gasteiger partial charge on any atom is -0.491 e. The lowest BCUT2D eigenvalue weighted by Gasteiger charge is -2.22. The highest BCUT2D eigenvalue weighted by Crippen LogP contribution is 2.24. The number of aromatic nitrogens is 4. The van der Waals surface area contributed by atoms with Crippen LogP contribution in [-0.2, 0) is 29.1 Å². The van der Waals surface area contributed by atoms with Crippen molar-refractivity contribution in [1.82, 2.24) is 18.7 Å². The fourth-order valence-corrected chi connectivity index (χ4v) is 5.21. The number of rotatable bonds is 11. The van der Waals surface area contributed by atoms with Crippen molar-refractivity contribution < 1.29 is 14.2 Å². The number of H-pyrrole nitrogens is 1. The fourth-order valence-electron chi connectivity index (χ4n) is 5.09. The number of nitrogens with one attached hydrogen (secondary N) is 1. The van der Waals surface area contributed by atoms with Crippen LogP contribution in [0, 0.1) is 6.92 Å². The number of aryl methyl sites for hydroxylation is 1. The molecule has 11 nitrogen and oxygen atoms in total. The van der Waals surface area contributed by atoms with Gasteiger partial charge in [-0.25, -0.2) is 19.1 Å². The lowest BCUT2D eigenvalue weighted by Crippen LogP contribution is -2.50. The van der Waals surface area contributed by atoms with Gasteiger partial charge in [-0.05, 0) is 87.6 Å². The zero-order chi connectivity index (χ0) is 31.9. The molecule has 1 N–H and O–H groups in total. The molecule has 0 bridgehead atoms. The standard InChI is InChI=1S/C33H38ClN5O6/c1-22(2)45-28-14-13-27(19-23(28)3)35-31-36-32(41)39(33(42)38(31)20-24-9-11-26(34)12-10-24)21-25-7-6-15-37(30(25)40)16-18-44-29-8-4-5-17-43-29/h6-7,9-15,19,22,29H,4-5,8,16-18,20-21H2,1-3H3,(H,35,36,41). The summed E-state index contributed by atoms with van der Waals surface area (Å²) in [5, 5.41) is 0.559. The van der Waals surface area contributed by atoms with Crippen LogP contribution in [0.4, 0.5) is 5.69 Å². The number of nitrogens with zero attached hydrogens (tertiary/aromatic N) is 4. The number of ether oxygens (including phenoxy) is 3. The maximum absolute atomic E-state index is 13.9. The Kier molecular flexibility index (Phi) is 10.5. The second kappa shape index (κ2) is 14.7. The molecule has 1 aliphatic heterocycles. The second-order valence-corrected chi connectivity index (χ2v) is 11.7. The lowest BCUT2D eigenvalue weighted by molar-refractivity contribution is -0.163. The predicted octanol–water partition coefficient (Wildman–Crippen LogP) is 4.12. The molecule has 0 amide bonds. The van der Waals surface area contributed by atoms with Gasteiger partial charge in [-0.15, -0.1) is 0 Å². The first-order valence-electron chi connectivity index (χ1n) is 15.1. The molecule has 3 heterocycles. The first kappa shape index (κ1) is 32.2. The second-order valence-electron chi connectivity index (χ2n) is 11.3. The van der Waals surface area contributed by atoms with Crippen molar-refractivity contribution in [2.24, 2.45) is 4.99 Å². The number of halogens is 1. The smallest absolute Gasteiger partial charge is 0.335 e. The largest absolute Gasteiger partial charge is 0.491 e. The highest BCUT2D eigenvalue weighted by atomic mass is 35.5. The predicted molar refractivity (Wildman–Crippen MR) is 171 cm³/mol. The van der Waals surface area contributed by atoms with Gasteiger partial charge in [0.1, 0.15) is 5.75 Å². The van der Waals surface area contributed by atoms with Gasteiger partial charge < -0.3 is 18.8 Å². The van der Waals surface area contributed by atoms with E-state index in [9.17, 15) is 14.4 Å². The van der Waals surface area contributed by atoms with Gasteiger partial charge in [0.15, 0.2) is 6.29 Å². The average molecular weight is 636 g/mol. The molecular weight excluding hydrogens is 598 g/mol. The van der Waals surface area contributed by atoms with Gasteiger partial charge in [0.25, 0.3) is 5.56 Å². The summed E-state index contributed by atoms with van der Waals surface area (Å²) in [5.74, 6) is 0.726. The quantitative estimate of drug-likeness (QED) is 0.265. The van der Waals surface area contributed by atoms with E-state index < -0.39 is 11.4 Å². The Morgan fingerprint density at radius 2 is 1.84 bits per heavy atom. The van der Waals surface area contributed by atoms with Gasteiger partial charge in [0.2, 0.25) is 5.62 Å². The number of pyridine rings is 1. The molecule has 1 unspecified atom stereocenters. The average Bonchev–Trinajstić information content (AvgIpc) is 3.01. The molecular formula is C33H38ClN5O6. The SMILES string of the molecule is Cc1cc(/N=c2\[nH]c(=O)n(Cc3cccn(CCOC4CCCCO4)c3=O)c(=O)n2Cc2ccc(Cl)cc2)ccc1OC(C)C. The molecule has 5 rings (SSSR count). The molecule has 1 saturated heterocycles. The van der Waals surface area contributed by atoms with Crippen LogP contribution in [0.1, 0.15) is 49.8 Å². The highest BCUT2D eigenvalue weighted by molar-refractivity contribution is 6.30. The van der Waals surface area contributed by atoms with Crippen molar-refractivity contribution >= 4 is 17.3 Å². The Morgan fingerprint density at radius 3 is 2.56 bits per heavy atom. The summed E-state index contributed by atoms with van der Waals surface area (Å²) in [5.41, 5.74) is 0.923. The first-order chi connectivity index (χ1) is 21.7. The van der Waals surface area contributed by atoms with Gasteiger partial charge >= 0.3 is 11.4 Å². The maximum Gasteiger partial charge on any atom is 0.335 e. The van der Waals surface area contributed by atoms with E-state index in [1.165, 1.54) is 9.13 Å². The van der Waals surface area contributed by atoms with Crippen LogP contribution in [0.2, 0.25) is 5.02 Å². The van der Waals surface area contributed by atoms with Crippen molar-refractivity contribution in [2.75, 3.05) is 13.2 Å². The highest BCUT2D eigenvalue weighted by Gasteiger charge is 2.16. The van der Waals surface area contributed by atoms with Crippen LogP contribution >= 0.6 is 11.6 Å². The Bertz CT molecular complexity index is 1870. The van der Waals surface area contributed by atoms with Crippen LogP contribution in [-0.4, -0.2) is 44.3 Å². The van der Waals surface area contributed by atoms with E-state index in [1.54, 1.807) is 48.7 Å². The fraction of sp³-hybridized carbons (Fsp3) is 0.394. The Labute approximate surface area is 265 Å². The lowest BCUT2D eigenvalue weighted by atomic mass is 10.2. The summed E-state index contributed by atoms with van der Waals surface area (Å²) in [4.78, 5) is 48.0. The van der Waals surface area contributed by atoms with Crippen molar-refractivity contribution in [3.05, 3.63) is 119 Å². The van der Waals surface area contributed by atoms with Gasteiger partial charge in [0, 0.05) is 29.9 Å². The minimum atomic E-state index is -0.685. The van der Waals surface area contributed by atoms with Crippen molar-refractivity contribution in [3.63, 3.8) is 0 Å². The number of benzene rings is 2. The molecule has 1 fully saturated rings. The Balaban J connectivity index is 1.48. The van der Waals surface area contributed by atoms with E-state index in [1.807, 2.05) is 32.9 Å². The monoisotopic (exact) mass is 635 g/mol. The van der Waals surface area contributed by atoms with Crippen LogP contribution in [0.15, 0.2) is 80.2 Å². The van der Waals surface area contributed by atoms with E-state index in [0.29, 0.717) is 30.5 Å². The topological polar surface area (TPSA) is 122 Å². The molecule has 0 spiro atoms. The van der Waals surface area contributed by atoms with E-state index in [-0.39, 0.29) is 42.2 Å². The summed E-state index contributed by atoms with van der Waals surface area (Å²) in [6.45, 7) is 6.98. The van der Waals surface area contributed by atoms with Gasteiger partial charge in [-0.3, -0.25) is 14.3 Å². The number of hydrogen-bond donors (Lipinski definition) is 1. The van der Waals surface area contributed by atoms with Crippen molar-refractivity contribution in [2.45, 2.75) is 72.1 Å². The summed E-state index contributed by atoms with van der Waals surface area (Å²) in [6.07, 6.45) is 4.31. The molecule has 1 atom stereocenters. The molecule has 238 valence electrons. The van der Waals surface area contributed by atoms with E-state index in [2.05, 4.69) is 9.98 Å². The molecule has 0 aliphatic carbocycles. The first-order valence-corrected chi connectivity index (χ1v) is 15.5. The molecule has 4 aromatic rings. The molecule has 0 radical (unpaired) electrons. The van der Waals surface area contributed by atoms with Crippen LogP contribution in [0.3, 0.4) is 0 Å². The zero-order valence-corrected chi connectivity index (χ0v) is 26.5. The normalized spacial score (nSPS) is 15.5. The molecule has 45 heavy (non-hydrogen) atoms. The van der Waals surface area contributed by atoms with Crippen LogP contribution in [0.5, 0.6) is 5.75 Å². The number of hydrogen-bond acceptors (Lipinski definition) is 7. The Morgan fingerprint density at radius 1 is 1.04 bits per heavy atom. The zero-order valence-electron chi connectivity index (χ0n) is 25.7. The van der Waals surface area contributed by atoms with Crippen LogP contribution < -0.4 is 27.3 Å². The van der Waals surface area contributed by atoms with Gasteiger partial charge in [-0.2, -0.15) is 0 Å². The minimum absolute atomic E-state index is 0.00943. The van der Waals surface area contributed by atoms with E-state index >= 15 is 0 Å². The Hall–Kier alpha value is -4.19. The van der Waals surface area contributed by atoms with E-state index in [0.717, 1.165) is 40.7 Å². The van der Waals surface area contributed by atoms with Gasteiger partial charge in [0.05, 0.1) is 31.5 Å². The van der Waals surface area contributed by atoms with Crippen molar-refractivity contribution in [3.8, 4) is 5.75 Å². The molecule has 2 aromatic carbocycles. The third-order valence-electron chi connectivity index (χ3n) is 7.39. The third kappa shape index (κ3) is 8.30. The summed E-state index contributed by atoms with van der Waals surface area (Å²) < 4.78 is 21.1. The molecule has 1 aliphatic rings. The summed E-state index contributed by atoms with van der Waals surface area (Å²) in [6, 6.07) is 15.8. The van der Waals surface area contributed by atoms with Crippen molar-refractivity contribution in [1.29, 1.82) is 0 Å².